The first-order valence-corrected chi connectivity index (χ1v) is 10.3. The van der Waals surface area contributed by atoms with Crippen molar-refractivity contribution in [3.8, 4) is 5.75 Å². The zero-order valence-corrected chi connectivity index (χ0v) is 18.2. The first kappa shape index (κ1) is 20.7. The summed E-state index contributed by atoms with van der Waals surface area (Å²) in [6.07, 6.45) is 0. The molecule has 4 rings (SSSR count). The zero-order chi connectivity index (χ0) is 21.4. The third kappa shape index (κ3) is 3.55. The van der Waals surface area contributed by atoms with Gasteiger partial charge in [0.05, 0.1) is 23.4 Å². The summed E-state index contributed by atoms with van der Waals surface area (Å²) in [6.45, 7) is 2.86. The highest BCUT2D eigenvalue weighted by atomic mass is 35.5. The Hall–Kier alpha value is -2.54. The first-order chi connectivity index (χ1) is 14.4. The summed E-state index contributed by atoms with van der Waals surface area (Å²) in [5, 5.41) is 0.788. The maximum Gasteiger partial charge on any atom is 0.282 e. The molecule has 6 nitrogen and oxygen atoms in total. The number of rotatable bonds is 4. The number of carbonyl (C=O) groups excluding carboxylic acids is 2. The number of imide groups is 1. The van der Waals surface area contributed by atoms with Gasteiger partial charge in [-0.1, -0.05) is 41.4 Å². The molecule has 2 aromatic carbocycles. The van der Waals surface area contributed by atoms with Crippen LogP contribution in [0, 0.1) is 0 Å². The fraction of sp³-hybridized carbons (Fsp3) is 0.273. The molecule has 0 spiro atoms. The van der Waals surface area contributed by atoms with Crippen molar-refractivity contribution in [3.63, 3.8) is 0 Å². The zero-order valence-electron chi connectivity index (χ0n) is 16.7. The summed E-state index contributed by atoms with van der Waals surface area (Å²) in [7, 11) is 3.54. The number of benzene rings is 2. The Bertz CT molecular complexity index is 1050. The molecule has 0 saturated carbocycles. The molecule has 1 saturated heterocycles. The highest BCUT2D eigenvalue weighted by Crippen LogP contribution is 2.40. The van der Waals surface area contributed by atoms with Crippen molar-refractivity contribution in [1.29, 1.82) is 0 Å². The number of hydrogen-bond acceptors (Lipinski definition) is 5. The Balaban J connectivity index is 1.86. The fourth-order valence-corrected chi connectivity index (χ4v) is 4.31. The van der Waals surface area contributed by atoms with Crippen LogP contribution in [0.25, 0.3) is 5.57 Å². The van der Waals surface area contributed by atoms with Gasteiger partial charge in [0.15, 0.2) is 0 Å². The van der Waals surface area contributed by atoms with Gasteiger partial charge in [0.1, 0.15) is 11.4 Å². The van der Waals surface area contributed by atoms with E-state index in [1.165, 1.54) is 12.0 Å². The van der Waals surface area contributed by atoms with E-state index in [9.17, 15) is 9.59 Å². The highest BCUT2D eigenvalue weighted by Gasteiger charge is 2.44. The van der Waals surface area contributed by atoms with Crippen molar-refractivity contribution < 1.29 is 14.3 Å². The van der Waals surface area contributed by atoms with E-state index >= 15 is 0 Å². The molecule has 2 amide bonds. The Morgan fingerprint density at radius 2 is 1.63 bits per heavy atom. The van der Waals surface area contributed by atoms with Gasteiger partial charge >= 0.3 is 0 Å². The average molecular weight is 446 g/mol. The number of para-hydroxylation sites is 2. The van der Waals surface area contributed by atoms with Gasteiger partial charge in [0.25, 0.3) is 11.8 Å². The van der Waals surface area contributed by atoms with Gasteiger partial charge in [-0.3, -0.25) is 9.59 Å². The van der Waals surface area contributed by atoms with Crippen LogP contribution in [0.3, 0.4) is 0 Å². The number of hydrogen-bond donors (Lipinski definition) is 0. The normalized spacial score (nSPS) is 17.9. The number of halogens is 2. The number of nitrogens with zero attached hydrogens (tertiary/aromatic N) is 3. The largest absolute Gasteiger partial charge is 0.495 e. The van der Waals surface area contributed by atoms with Gasteiger partial charge in [0.2, 0.25) is 0 Å². The van der Waals surface area contributed by atoms with Gasteiger partial charge < -0.3 is 14.5 Å². The van der Waals surface area contributed by atoms with E-state index in [1.54, 1.807) is 42.5 Å². The van der Waals surface area contributed by atoms with Crippen molar-refractivity contribution in [2.45, 2.75) is 0 Å². The number of methoxy groups -OCH3 is 1. The molecule has 0 aromatic heterocycles. The number of carbonyl (C=O) groups is 2. The quantitative estimate of drug-likeness (QED) is 0.673. The van der Waals surface area contributed by atoms with E-state index in [1.807, 2.05) is 11.9 Å². The molecular weight excluding hydrogens is 425 g/mol. The number of anilines is 1. The Morgan fingerprint density at radius 3 is 2.30 bits per heavy atom. The first-order valence-electron chi connectivity index (χ1n) is 9.57. The maximum absolute atomic E-state index is 13.6. The lowest BCUT2D eigenvalue weighted by Gasteiger charge is -2.34. The Kier molecular flexibility index (Phi) is 5.73. The third-order valence-electron chi connectivity index (χ3n) is 5.41. The van der Waals surface area contributed by atoms with Crippen LogP contribution in [-0.2, 0) is 9.59 Å². The molecular formula is C22H21Cl2N3O3. The predicted octanol–water partition coefficient (Wildman–Crippen LogP) is 3.53. The lowest BCUT2D eigenvalue weighted by molar-refractivity contribution is -0.120. The van der Waals surface area contributed by atoms with E-state index in [0.29, 0.717) is 45.8 Å². The molecule has 2 heterocycles. The second-order valence-corrected chi connectivity index (χ2v) is 8.10. The van der Waals surface area contributed by atoms with Crippen LogP contribution in [0.5, 0.6) is 5.75 Å². The topological polar surface area (TPSA) is 53.1 Å². The van der Waals surface area contributed by atoms with Crippen LogP contribution in [0.1, 0.15) is 5.56 Å². The number of piperazine rings is 1. The average Bonchev–Trinajstić information content (AvgIpc) is 2.99. The highest BCUT2D eigenvalue weighted by molar-refractivity contribution is 6.47. The SMILES string of the molecule is COc1ccccc1N1C(=O)C(c2ccc(Cl)cc2Cl)=C(N2CCN(C)CC2)C1=O. The summed E-state index contributed by atoms with van der Waals surface area (Å²) < 4.78 is 5.40. The molecule has 0 unspecified atom stereocenters. The standard InChI is InChI=1S/C22H21Cl2N3O3/c1-25-9-11-26(12-10-25)20-19(15-8-7-14(23)13-16(15)24)21(28)27(22(20)29)17-5-3-4-6-18(17)30-2/h3-8,13H,9-12H2,1-2H3. The molecule has 1 fully saturated rings. The lowest BCUT2D eigenvalue weighted by atomic mass is 10.0. The molecule has 0 aliphatic carbocycles. The lowest BCUT2D eigenvalue weighted by Crippen LogP contribution is -2.46. The molecule has 8 heteroatoms. The van der Waals surface area contributed by atoms with Gasteiger partial charge in [-0.05, 0) is 31.3 Å². The molecule has 2 aliphatic rings. The van der Waals surface area contributed by atoms with Gasteiger partial charge in [-0.25, -0.2) is 4.90 Å². The smallest absolute Gasteiger partial charge is 0.282 e. The van der Waals surface area contributed by atoms with Crippen molar-refractivity contribution in [3.05, 3.63) is 63.8 Å². The van der Waals surface area contributed by atoms with Crippen molar-refractivity contribution >= 4 is 46.3 Å². The van der Waals surface area contributed by atoms with Crippen LogP contribution in [-0.4, -0.2) is 62.0 Å². The number of likely N-dealkylation sites (N-methyl/N-ethyl adjacent to an activating group) is 1. The summed E-state index contributed by atoms with van der Waals surface area (Å²) >= 11 is 12.5. The molecule has 30 heavy (non-hydrogen) atoms. The van der Waals surface area contributed by atoms with E-state index in [4.69, 9.17) is 27.9 Å². The Morgan fingerprint density at radius 1 is 0.933 bits per heavy atom. The van der Waals surface area contributed by atoms with Gasteiger partial charge in [0, 0.05) is 36.8 Å². The van der Waals surface area contributed by atoms with Crippen LogP contribution in [0.2, 0.25) is 10.0 Å². The van der Waals surface area contributed by atoms with Crippen LogP contribution in [0.15, 0.2) is 48.2 Å². The minimum Gasteiger partial charge on any atom is -0.495 e. The molecule has 0 atom stereocenters. The van der Waals surface area contributed by atoms with Crippen LogP contribution >= 0.6 is 23.2 Å². The summed E-state index contributed by atoms with van der Waals surface area (Å²) in [5.41, 5.74) is 1.55. The molecule has 2 aliphatic heterocycles. The molecule has 0 bridgehead atoms. The second-order valence-electron chi connectivity index (χ2n) is 7.26. The monoisotopic (exact) mass is 445 g/mol. The predicted molar refractivity (Wildman–Crippen MR) is 118 cm³/mol. The summed E-state index contributed by atoms with van der Waals surface area (Å²) in [5.74, 6) is -0.363. The maximum atomic E-state index is 13.6. The fourth-order valence-electron chi connectivity index (χ4n) is 3.81. The minimum absolute atomic E-state index is 0.289. The van der Waals surface area contributed by atoms with Crippen LogP contribution in [0.4, 0.5) is 5.69 Å². The van der Waals surface area contributed by atoms with E-state index < -0.39 is 5.91 Å². The van der Waals surface area contributed by atoms with Crippen LogP contribution < -0.4 is 9.64 Å². The summed E-state index contributed by atoms with van der Waals surface area (Å²) in [6, 6.07) is 11.9. The second kappa shape index (κ2) is 8.30. The Labute approximate surface area is 185 Å². The molecule has 156 valence electrons. The van der Waals surface area contributed by atoms with Crippen molar-refractivity contribution in [2.75, 3.05) is 45.2 Å². The third-order valence-corrected chi connectivity index (χ3v) is 5.95. The van der Waals surface area contributed by atoms with Crippen molar-refractivity contribution in [2.24, 2.45) is 0 Å². The number of amides is 2. The minimum atomic E-state index is -0.428. The van der Waals surface area contributed by atoms with Gasteiger partial charge in [-0.2, -0.15) is 0 Å². The van der Waals surface area contributed by atoms with E-state index in [-0.39, 0.29) is 11.5 Å². The van der Waals surface area contributed by atoms with Crippen molar-refractivity contribution in [1.82, 2.24) is 9.80 Å². The summed E-state index contributed by atoms with van der Waals surface area (Å²) in [4.78, 5) is 32.5. The molecule has 0 N–H and O–H groups in total. The number of ether oxygens (including phenoxy) is 1. The van der Waals surface area contributed by atoms with Gasteiger partial charge in [-0.15, -0.1) is 0 Å². The molecule has 2 aromatic rings. The van der Waals surface area contributed by atoms with E-state index in [0.717, 1.165) is 13.1 Å². The van der Waals surface area contributed by atoms with E-state index in [2.05, 4.69) is 4.90 Å². The molecule has 0 radical (unpaired) electrons.